The number of ether oxygens (including phenoxy) is 2. The van der Waals surface area contributed by atoms with Gasteiger partial charge in [-0.25, -0.2) is 4.79 Å². The maximum atomic E-state index is 11.4. The van der Waals surface area contributed by atoms with Crippen LogP contribution in [-0.2, 0) is 24.8 Å². The molecule has 0 amide bonds. The molecule has 0 saturated heterocycles. The average molecular weight is 381 g/mol. The molecule has 0 fully saturated rings. The molecule has 0 heterocycles. The largest absolute Gasteiger partial charge is 0.469 e. The third kappa shape index (κ3) is 11.0. The molecule has 0 N–H and O–H groups in total. The fourth-order valence-electron chi connectivity index (χ4n) is 1.85. The van der Waals surface area contributed by atoms with E-state index in [4.69, 9.17) is 4.74 Å². The van der Waals surface area contributed by atoms with E-state index in [9.17, 15) is 9.59 Å². The van der Waals surface area contributed by atoms with Gasteiger partial charge in [0, 0.05) is 16.6 Å². The predicted molar refractivity (Wildman–Crippen MR) is 109 cm³/mol. The van der Waals surface area contributed by atoms with E-state index in [0.29, 0.717) is 6.42 Å². The summed E-state index contributed by atoms with van der Waals surface area (Å²) in [6.45, 7) is 8.13. The van der Waals surface area contributed by atoms with Crippen molar-refractivity contribution in [1.29, 1.82) is 0 Å². The molecule has 146 valence electrons. The van der Waals surface area contributed by atoms with E-state index in [1.54, 1.807) is 0 Å². The predicted octanol–water partition coefficient (Wildman–Crippen LogP) is 5.17. The van der Waals surface area contributed by atoms with Crippen LogP contribution in [0.25, 0.3) is 0 Å². The smallest absolute Gasteiger partial charge is 0.330 e. The van der Waals surface area contributed by atoms with Crippen molar-refractivity contribution in [3.63, 3.8) is 0 Å². The molecule has 0 radical (unpaired) electrons. The maximum absolute atomic E-state index is 11.4. The van der Waals surface area contributed by atoms with Crippen molar-refractivity contribution in [1.82, 2.24) is 0 Å². The average Bonchev–Trinajstić information content (AvgIpc) is 2.67. The van der Waals surface area contributed by atoms with Crippen molar-refractivity contribution in [2.24, 2.45) is 0 Å². The Morgan fingerprint density at radius 2 is 1.73 bits per heavy atom. The summed E-state index contributed by atoms with van der Waals surface area (Å²) >= 11 is 1.82. The number of hydrogen-bond acceptors (Lipinski definition) is 5. The molecule has 1 unspecified atom stereocenters. The van der Waals surface area contributed by atoms with Gasteiger partial charge in [-0.1, -0.05) is 49.8 Å². The van der Waals surface area contributed by atoms with Crippen LogP contribution in [0, 0.1) is 0 Å². The van der Waals surface area contributed by atoms with E-state index in [-0.39, 0.29) is 16.7 Å². The molecule has 1 atom stereocenters. The van der Waals surface area contributed by atoms with Crippen LogP contribution in [0.2, 0.25) is 0 Å². The topological polar surface area (TPSA) is 52.6 Å². The molecule has 5 heteroatoms. The van der Waals surface area contributed by atoms with Gasteiger partial charge in [0.15, 0.2) is 0 Å². The van der Waals surface area contributed by atoms with Gasteiger partial charge in [-0.15, -0.1) is 0 Å². The molecule has 0 aliphatic heterocycles. The molecule has 0 aliphatic rings. The normalized spacial score (nSPS) is 13.1. The lowest BCUT2D eigenvalue weighted by Crippen LogP contribution is -2.24. The van der Waals surface area contributed by atoms with Crippen molar-refractivity contribution >= 4 is 23.7 Å². The van der Waals surface area contributed by atoms with Gasteiger partial charge >= 0.3 is 11.9 Å². The summed E-state index contributed by atoms with van der Waals surface area (Å²) in [6, 6.07) is 10.3. The second-order valence-electron chi connectivity index (χ2n) is 6.20. The fraction of sp³-hybridized carbons (Fsp3) is 0.524. The first-order chi connectivity index (χ1) is 12.3. The standard InChI is InChI=1S/C14H20O2S.C7H12O2/c1-4-14(2,10-13(15)16-3)17-11-12-8-6-5-7-9-12;1-4-6(2)5-7(8)9-3/h5-9H,4,10-11H2,1-3H3;5H,4H2,1-3H3. The molecule has 1 aromatic rings. The molecule has 4 nitrogen and oxygen atoms in total. The Labute approximate surface area is 162 Å². The van der Waals surface area contributed by atoms with E-state index < -0.39 is 0 Å². The van der Waals surface area contributed by atoms with Crippen LogP contribution in [0.15, 0.2) is 42.0 Å². The Balaban J connectivity index is 0.000000590. The molecule has 1 rings (SSSR count). The number of carbonyl (C=O) groups is 2. The van der Waals surface area contributed by atoms with Gasteiger partial charge in [0.05, 0.1) is 20.6 Å². The van der Waals surface area contributed by atoms with Crippen LogP contribution >= 0.6 is 11.8 Å². The van der Waals surface area contributed by atoms with Gasteiger partial charge in [-0.05, 0) is 32.3 Å². The molecule has 0 spiro atoms. The van der Waals surface area contributed by atoms with Crippen molar-refractivity contribution in [3.05, 3.63) is 47.5 Å². The number of esters is 2. The van der Waals surface area contributed by atoms with E-state index in [1.165, 1.54) is 25.9 Å². The third-order valence-corrected chi connectivity index (χ3v) is 5.65. The quantitative estimate of drug-likeness (QED) is 0.460. The van der Waals surface area contributed by atoms with Gasteiger partial charge in [-0.2, -0.15) is 11.8 Å². The zero-order valence-electron chi connectivity index (χ0n) is 16.8. The first-order valence-electron chi connectivity index (χ1n) is 8.80. The zero-order valence-corrected chi connectivity index (χ0v) is 17.7. The fourth-order valence-corrected chi connectivity index (χ4v) is 2.98. The van der Waals surface area contributed by atoms with Gasteiger partial charge in [-0.3, -0.25) is 4.79 Å². The summed E-state index contributed by atoms with van der Waals surface area (Å²) in [5.74, 6) is 0.534. The summed E-state index contributed by atoms with van der Waals surface area (Å²) in [7, 11) is 2.82. The van der Waals surface area contributed by atoms with Crippen LogP contribution in [0.4, 0.5) is 0 Å². The monoisotopic (exact) mass is 380 g/mol. The Kier molecular flexibility index (Phi) is 12.5. The van der Waals surface area contributed by atoms with E-state index in [2.05, 4.69) is 30.7 Å². The number of allylic oxidation sites excluding steroid dienone is 1. The minimum atomic E-state index is -0.269. The van der Waals surface area contributed by atoms with E-state index in [1.807, 2.05) is 43.8 Å². The van der Waals surface area contributed by atoms with Crippen LogP contribution < -0.4 is 0 Å². The molecule has 26 heavy (non-hydrogen) atoms. The van der Waals surface area contributed by atoms with E-state index in [0.717, 1.165) is 24.2 Å². The van der Waals surface area contributed by atoms with Crippen LogP contribution in [0.3, 0.4) is 0 Å². The summed E-state index contributed by atoms with van der Waals surface area (Å²) in [5, 5.41) is 0. The summed E-state index contributed by atoms with van der Waals surface area (Å²) < 4.78 is 9.12. The van der Waals surface area contributed by atoms with Gasteiger partial charge in [0.2, 0.25) is 0 Å². The van der Waals surface area contributed by atoms with E-state index >= 15 is 0 Å². The van der Waals surface area contributed by atoms with Gasteiger partial charge < -0.3 is 9.47 Å². The van der Waals surface area contributed by atoms with Crippen LogP contribution in [-0.4, -0.2) is 30.9 Å². The Bertz CT molecular complexity index is 569. The maximum Gasteiger partial charge on any atom is 0.330 e. The number of rotatable bonds is 8. The molecular weight excluding hydrogens is 348 g/mol. The van der Waals surface area contributed by atoms with Crippen LogP contribution in [0.1, 0.15) is 52.5 Å². The highest BCUT2D eigenvalue weighted by Crippen LogP contribution is 2.34. The first kappa shape index (κ1) is 24.2. The summed E-state index contributed by atoms with van der Waals surface area (Å²) in [6.07, 6.45) is 3.83. The second-order valence-corrected chi connectivity index (χ2v) is 7.76. The number of carbonyl (C=O) groups excluding carboxylic acids is 2. The second kappa shape index (κ2) is 13.5. The third-order valence-electron chi connectivity index (χ3n) is 4.05. The van der Waals surface area contributed by atoms with Gasteiger partial charge in [0.1, 0.15) is 0 Å². The molecule has 0 aliphatic carbocycles. The Morgan fingerprint density at radius 3 is 2.19 bits per heavy atom. The van der Waals surface area contributed by atoms with Crippen molar-refractivity contribution < 1.29 is 19.1 Å². The lowest BCUT2D eigenvalue weighted by atomic mass is 10.0. The molecule has 0 bridgehead atoms. The van der Waals surface area contributed by atoms with Crippen molar-refractivity contribution in [2.75, 3.05) is 14.2 Å². The summed E-state index contributed by atoms with van der Waals surface area (Å²) in [5.41, 5.74) is 2.34. The number of hydrogen-bond donors (Lipinski definition) is 0. The summed E-state index contributed by atoms with van der Waals surface area (Å²) in [4.78, 5) is 21.8. The number of thioether (sulfide) groups is 1. The first-order valence-corrected chi connectivity index (χ1v) is 9.78. The molecular formula is C21H32O4S. The zero-order chi connectivity index (χ0) is 20.0. The minimum absolute atomic E-state index is 0.0388. The Hall–Kier alpha value is -1.75. The van der Waals surface area contributed by atoms with Gasteiger partial charge in [0.25, 0.3) is 0 Å². The van der Waals surface area contributed by atoms with Crippen LogP contribution in [0.5, 0.6) is 0 Å². The molecule has 0 aromatic heterocycles. The lowest BCUT2D eigenvalue weighted by molar-refractivity contribution is -0.141. The number of benzene rings is 1. The highest BCUT2D eigenvalue weighted by atomic mass is 32.2. The molecule has 1 aromatic carbocycles. The molecule has 0 saturated carbocycles. The number of methoxy groups -OCH3 is 2. The van der Waals surface area contributed by atoms with Crippen molar-refractivity contribution in [2.45, 2.75) is 57.5 Å². The Morgan fingerprint density at radius 1 is 1.12 bits per heavy atom. The highest BCUT2D eigenvalue weighted by molar-refractivity contribution is 7.99. The SMILES string of the molecule is CCC(C)(CC(=O)OC)SCc1ccccc1.CCC(C)=CC(=O)OC. The van der Waals surface area contributed by atoms with Crippen molar-refractivity contribution in [3.8, 4) is 0 Å². The highest BCUT2D eigenvalue weighted by Gasteiger charge is 2.26. The lowest BCUT2D eigenvalue weighted by Gasteiger charge is -2.26. The minimum Gasteiger partial charge on any atom is -0.469 e.